The average molecular weight is 154 g/mol. The van der Waals surface area contributed by atoms with Crippen LogP contribution in [0.4, 0.5) is 0 Å². The Balaban J connectivity index is 2.06. The molecule has 3 heterocycles. The smallest absolute Gasteiger partial charge is 0.312 e. The van der Waals surface area contributed by atoms with E-state index in [0.717, 1.165) is 12.8 Å². The number of carbonyl (C=O) groups excluding carboxylic acids is 1. The summed E-state index contributed by atoms with van der Waals surface area (Å²) in [6, 6.07) is 0. The predicted octanol–water partition coefficient (Wildman–Crippen LogP) is 0.479. The van der Waals surface area contributed by atoms with Crippen LogP contribution in [-0.4, -0.2) is 23.8 Å². The van der Waals surface area contributed by atoms with Gasteiger partial charge in [0.1, 0.15) is 12.2 Å². The third kappa shape index (κ3) is 0.562. The standard InChI is InChI=1S/C8H10O3/c1-8-2-4-6(11-8)5(3-8)10-7(4)9/h4-6H,2-3H2,1H3. The van der Waals surface area contributed by atoms with Crippen molar-refractivity contribution in [1.29, 1.82) is 0 Å². The molecule has 11 heavy (non-hydrogen) atoms. The van der Waals surface area contributed by atoms with Crippen LogP contribution in [0.2, 0.25) is 0 Å². The Morgan fingerprint density at radius 3 is 2.91 bits per heavy atom. The van der Waals surface area contributed by atoms with Gasteiger partial charge in [0.05, 0.1) is 11.5 Å². The number of ether oxygens (including phenoxy) is 2. The molecule has 0 aromatic heterocycles. The number of hydrogen-bond acceptors (Lipinski definition) is 3. The maximum Gasteiger partial charge on any atom is 0.312 e. The first kappa shape index (κ1) is 6.00. The Morgan fingerprint density at radius 1 is 1.55 bits per heavy atom. The lowest BCUT2D eigenvalue weighted by Crippen LogP contribution is -2.26. The van der Waals surface area contributed by atoms with Crippen LogP contribution in [0, 0.1) is 5.92 Å². The highest BCUT2D eigenvalue weighted by Crippen LogP contribution is 2.52. The van der Waals surface area contributed by atoms with E-state index < -0.39 is 0 Å². The van der Waals surface area contributed by atoms with Gasteiger partial charge in [-0.15, -0.1) is 0 Å². The topological polar surface area (TPSA) is 35.5 Å². The van der Waals surface area contributed by atoms with Gasteiger partial charge in [-0.05, 0) is 13.3 Å². The zero-order chi connectivity index (χ0) is 7.64. The fourth-order valence-corrected chi connectivity index (χ4v) is 2.61. The fourth-order valence-electron chi connectivity index (χ4n) is 2.61. The molecule has 0 aliphatic carbocycles. The molecule has 0 amide bonds. The Kier molecular flexibility index (Phi) is 0.796. The number of rotatable bonds is 0. The summed E-state index contributed by atoms with van der Waals surface area (Å²) in [7, 11) is 0. The molecule has 3 nitrogen and oxygen atoms in total. The second-order valence-corrected chi connectivity index (χ2v) is 4.02. The summed E-state index contributed by atoms with van der Waals surface area (Å²) in [5.74, 6) is 0.0139. The zero-order valence-corrected chi connectivity index (χ0v) is 6.37. The van der Waals surface area contributed by atoms with Crippen LogP contribution in [0.3, 0.4) is 0 Å². The van der Waals surface area contributed by atoms with E-state index in [4.69, 9.17) is 9.47 Å². The van der Waals surface area contributed by atoms with Crippen molar-refractivity contribution in [3.8, 4) is 0 Å². The first-order chi connectivity index (χ1) is 5.18. The Hall–Kier alpha value is -0.570. The van der Waals surface area contributed by atoms with Gasteiger partial charge in [-0.25, -0.2) is 0 Å². The Bertz CT molecular complexity index is 233. The molecule has 0 aromatic rings. The summed E-state index contributed by atoms with van der Waals surface area (Å²) in [6.07, 6.45) is 1.94. The minimum absolute atomic E-state index is 0.0405. The van der Waals surface area contributed by atoms with Crippen LogP contribution in [0.15, 0.2) is 0 Å². The van der Waals surface area contributed by atoms with E-state index in [9.17, 15) is 4.79 Å². The van der Waals surface area contributed by atoms with E-state index in [-0.39, 0.29) is 29.7 Å². The van der Waals surface area contributed by atoms with Crippen molar-refractivity contribution in [2.45, 2.75) is 37.6 Å². The molecule has 0 aromatic carbocycles. The third-order valence-electron chi connectivity index (χ3n) is 3.04. The van der Waals surface area contributed by atoms with Crippen LogP contribution < -0.4 is 0 Å². The van der Waals surface area contributed by atoms with Gasteiger partial charge < -0.3 is 9.47 Å². The molecule has 3 fully saturated rings. The fraction of sp³-hybridized carbons (Fsp3) is 0.875. The van der Waals surface area contributed by atoms with Gasteiger partial charge >= 0.3 is 5.97 Å². The van der Waals surface area contributed by atoms with Crippen LogP contribution in [0.25, 0.3) is 0 Å². The van der Waals surface area contributed by atoms with Crippen LogP contribution in [0.5, 0.6) is 0 Å². The molecule has 4 unspecified atom stereocenters. The molecule has 3 aliphatic heterocycles. The number of fused-ring (bicyclic) bond motifs is 1. The van der Waals surface area contributed by atoms with Crippen molar-refractivity contribution >= 4 is 5.97 Å². The molecule has 60 valence electrons. The lowest BCUT2D eigenvalue weighted by Gasteiger charge is -2.17. The molecule has 0 N–H and O–H groups in total. The van der Waals surface area contributed by atoms with Gasteiger partial charge in [0.15, 0.2) is 0 Å². The van der Waals surface area contributed by atoms with Crippen LogP contribution in [0.1, 0.15) is 19.8 Å². The summed E-state index contributed by atoms with van der Waals surface area (Å²) >= 11 is 0. The van der Waals surface area contributed by atoms with Gasteiger partial charge in [0.25, 0.3) is 0 Å². The summed E-state index contributed by atoms with van der Waals surface area (Å²) in [6.45, 7) is 2.07. The maximum atomic E-state index is 11.1. The molecule has 3 saturated heterocycles. The number of carbonyl (C=O) groups is 1. The van der Waals surface area contributed by atoms with Crippen LogP contribution in [-0.2, 0) is 14.3 Å². The largest absolute Gasteiger partial charge is 0.459 e. The summed E-state index contributed by atoms with van der Waals surface area (Å²) < 4.78 is 10.8. The van der Waals surface area contributed by atoms with Crippen molar-refractivity contribution in [3.05, 3.63) is 0 Å². The number of esters is 1. The molecule has 4 atom stereocenters. The highest BCUT2D eigenvalue weighted by molar-refractivity contribution is 5.77. The molecule has 3 rings (SSSR count). The molecular formula is C8H10O3. The van der Waals surface area contributed by atoms with Crippen molar-refractivity contribution in [3.63, 3.8) is 0 Å². The second-order valence-electron chi connectivity index (χ2n) is 4.02. The van der Waals surface area contributed by atoms with E-state index in [1.54, 1.807) is 0 Å². The SMILES string of the molecule is CC12CC3OC(=O)C(C1)C3O2. The molecular weight excluding hydrogens is 144 g/mol. The first-order valence-electron chi connectivity index (χ1n) is 4.06. The summed E-state index contributed by atoms with van der Waals surface area (Å²) in [5.41, 5.74) is -0.0494. The van der Waals surface area contributed by atoms with Gasteiger partial charge in [-0.1, -0.05) is 0 Å². The Morgan fingerprint density at radius 2 is 2.36 bits per heavy atom. The maximum absolute atomic E-state index is 11.1. The zero-order valence-electron chi connectivity index (χ0n) is 6.37. The summed E-state index contributed by atoms with van der Waals surface area (Å²) in [4.78, 5) is 11.1. The van der Waals surface area contributed by atoms with E-state index in [2.05, 4.69) is 6.92 Å². The van der Waals surface area contributed by atoms with Gasteiger partial charge in [0.2, 0.25) is 0 Å². The second kappa shape index (κ2) is 1.46. The van der Waals surface area contributed by atoms with Crippen molar-refractivity contribution in [1.82, 2.24) is 0 Å². The molecule has 0 radical (unpaired) electrons. The highest BCUT2D eigenvalue weighted by Gasteiger charge is 2.63. The van der Waals surface area contributed by atoms with Crippen LogP contribution >= 0.6 is 0 Å². The number of hydrogen-bond donors (Lipinski definition) is 0. The monoisotopic (exact) mass is 154 g/mol. The first-order valence-corrected chi connectivity index (χ1v) is 4.06. The molecule has 2 bridgehead atoms. The third-order valence-corrected chi connectivity index (χ3v) is 3.04. The van der Waals surface area contributed by atoms with Gasteiger partial charge in [-0.2, -0.15) is 0 Å². The van der Waals surface area contributed by atoms with Gasteiger partial charge in [-0.3, -0.25) is 4.79 Å². The molecule has 0 spiro atoms. The van der Waals surface area contributed by atoms with E-state index in [1.165, 1.54) is 0 Å². The summed E-state index contributed by atoms with van der Waals surface area (Å²) in [5, 5.41) is 0. The van der Waals surface area contributed by atoms with Crippen molar-refractivity contribution < 1.29 is 14.3 Å². The normalized spacial score (nSPS) is 58.6. The lowest BCUT2D eigenvalue weighted by atomic mass is 9.83. The van der Waals surface area contributed by atoms with E-state index in [1.807, 2.05) is 0 Å². The molecule has 0 saturated carbocycles. The average Bonchev–Trinajstić information content (AvgIpc) is 2.41. The van der Waals surface area contributed by atoms with E-state index >= 15 is 0 Å². The van der Waals surface area contributed by atoms with E-state index in [0.29, 0.717) is 0 Å². The van der Waals surface area contributed by atoms with Crippen molar-refractivity contribution in [2.24, 2.45) is 5.92 Å². The minimum atomic E-state index is -0.0494. The minimum Gasteiger partial charge on any atom is -0.459 e. The predicted molar refractivity (Wildman–Crippen MR) is 35.9 cm³/mol. The molecule has 3 aliphatic rings. The Labute approximate surface area is 64.7 Å². The van der Waals surface area contributed by atoms with Gasteiger partial charge in [0, 0.05) is 6.42 Å². The van der Waals surface area contributed by atoms with Crippen molar-refractivity contribution in [2.75, 3.05) is 0 Å². The highest BCUT2D eigenvalue weighted by atomic mass is 16.6. The lowest BCUT2D eigenvalue weighted by molar-refractivity contribution is -0.143. The molecule has 3 heteroatoms. The quantitative estimate of drug-likeness (QED) is 0.476.